The summed E-state index contributed by atoms with van der Waals surface area (Å²) in [7, 11) is 0. The fourth-order valence-corrected chi connectivity index (χ4v) is 3.79. The predicted molar refractivity (Wildman–Crippen MR) is 150 cm³/mol. The molecule has 1 N–H and O–H groups in total. The van der Waals surface area contributed by atoms with E-state index in [4.69, 9.17) is 0 Å². The zero-order valence-electron chi connectivity index (χ0n) is 22.1. The van der Waals surface area contributed by atoms with Gasteiger partial charge in [-0.25, -0.2) is 4.68 Å². The second-order valence-electron chi connectivity index (χ2n) is 10.5. The van der Waals surface area contributed by atoms with Crippen molar-refractivity contribution in [2.75, 3.05) is 0 Å². The lowest BCUT2D eigenvalue weighted by atomic mass is 10.0. The fourth-order valence-electron chi connectivity index (χ4n) is 3.79. The van der Waals surface area contributed by atoms with Gasteiger partial charge < -0.3 is 0 Å². The van der Waals surface area contributed by atoms with E-state index in [9.17, 15) is 4.79 Å². The Labute approximate surface area is 218 Å². The first-order chi connectivity index (χ1) is 17.7. The summed E-state index contributed by atoms with van der Waals surface area (Å²) in [4.78, 5) is 13.1. The fraction of sp³-hybridized carbons (Fsp3) is 0.300. The first-order valence-corrected chi connectivity index (χ1v) is 12.6. The van der Waals surface area contributed by atoms with Gasteiger partial charge in [0, 0.05) is 5.56 Å². The molecule has 0 atom stereocenters. The van der Waals surface area contributed by atoms with Crippen molar-refractivity contribution in [3.63, 3.8) is 0 Å². The average Bonchev–Trinajstić information content (AvgIpc) is 3.23. The highest BCUT2D eigenvalue weighted by atomic mass is 16.1. The van der Waals surface area contributed by atoms with E-state index in [1.165, 1.54) is 12.0 Å². The van der Waals surface area contributed by atoms with Gasteiger partial charge in [-0.1, -0.05) is 56.3 Å². The Morgan fingerprint density at radius 2 is 1.27 bits per heavy atom. The monoisotopic (exact) mass is 494 g/mol. The minimum absolute atomic E-state index is 0.212. The Hall–Kier alpha value is -4.13. The van der Waals surface area contributed by atoms with Crippen LogP contribution in [0, 0.1) is 5.92 Å². The lowest BCUT2D eigenvalue weighted by molar-refractivity contribution is 0.346. The highest BCUT2D eigenvalue weighted by Crippen LogP contribution is 2.29. The number of azo groups is 2. The molecule has 4 aromatic rings. The maximum absolute atomic E-state index is 13.1. The van der Waals surface area contributed by atoms with Crippen LogP contribution in [-0.4, -0.2) is 9.78 Å². The van der Waals surface area contributed by atoms with Crippen LogP contribution in [0.4, 0.5) is 22.7 Å². The average molecular weight is 495 g/mol. The molecule has 37 heavy (non-hydrogen) atoms. The molecule has 3 aromatic carbocycles. The van der Waals surface area contributed by atoms with Gasteiger partial charge in [-0.05, 0) is 81.5 Å². The molecule has 0 bridgehead atoms. The van der Waals surface area contributed by atoms with E-state index < -0.39 is 5.54 Å². The molecule has 1 heterocycles. The number of aromatic nitrogens is 2. The molecule has 0 fully saturated rings. The van der Waals surface area contributed by atoms with E-state index >= 15 is 0 Å². The van der Waals surface area contributed by atoms with Crippen molar-refractivity contribution in [1.82, 2.24) is 9.78 Å². The molecule has 4 rings (SSSR count). The quantitative estimate of drug-likeness (QED) is 0.243. The Balaban J connectivity index is 1.50. The molecular formula is C30H34N6O. The molecule has 0 unspecified atom stereocenters. The van der Waals surface area contributed by atoms with Crippen LogP contribution in [0.1, 0.15) is 46.6 Å². The topological polar surface area (TPSA) is 87.2 Å². The number of nitrogens with one attached hydrogen (secondary N) is 1. The van der Waals surface area contributed by atoms with Crippen LogP contribution in [0.5, 0.6) is 0 Å². The maximum atomic E-state index is 13.1. The number of nitrogens with zero attached hydrogens (tertiary/aromatic N) is 5. The highest BCUT2D eigenvalue weighted by Gasteiger charge is 2.23. The number of hydrogen-bond acceptors (Lipinski definition) is 5. The molecule has 190 valence electrons. The third kappa shape index (κ3) is 6.76. The van der Waals surface area contributed by atoms with Crippen molar-refractivity contribution in [2.24, 2.45) is 26.4 Å². The number of benzene rings is 3. The van der Waals surface area contributed by atoms with Crippen LogP contribution in [0.3, 0.4) is 0 Å². The Bertz CT molecular complexity index is 1420. The molecule has 0 aliphatic heterocycles. The minimum Gasteiger partial charge on any atom is -0.292 e. The van der Waals surface area contributed by atoms with E-state index in [2.05, 4.69) is 51.5 Å². The van der Waals surface area contributed by atoms with Crippen molar-refractivity contribution >= 4 is 22.7 Å². The first-order valence-electron chi connectivity index (χ1n) is 12.6. The molecule has 0 saturated heterocycles. The number of aryl methyl sites for hydroxylation is 1. The van der Waals surface area contributed by atoms with E-state index in [-0.39, 0.29) is 11.2 Å². The third-order valence-corrected chi connectivity index (χ3v) is 5.94. The number of hydrogen-bond donors (Lipinski definition) is 1. The summed E-state index contributed by atoms with van der Waals surface area (Å²) in [6.07, 6.45) is 2.25. The van der Waals surface area contributed by atoms with Crippen molar-refractivity contribution < 1.29 is 0 Å². The summed E-state index contributed by atoms with van der Waals surface area (Å²) in [5, 5.41) is 20.6. The summed E-state index contributed by atoms with van der Waals surface area (Å²) in [5.74, 6) is 0.693. The second-order valence-corrected chi connectivity index (χ2v) is 10.5. The van der Waals surface area contributed by atoms with Gasteiger partial charge in [0.25, 0.3) is 5.56 Å². The minimum atomic E-state index is -0.421. The molecule has 7 heteroatoms. The van der Waals surface area contributed by atoms with Crippen LogP contribution in [0.2, 0.25) is 0 Å². The zero-order valence-corrected chi connectivity index (χ0v) is 22.1. The molecule has 0 radical (unpaired) electrons. The van der Waals surface area contributed by atoms with Crippen LogP contribution < -0.4 is 5.56 Å². The van der Waals surface area contributed by atoms with E-state index in [1.807, 2.05) is 87.5 Å². The summed E-state index contributed by atoms with van der Waals surface area (Å²) in [6.45, 7) is 10.4. The van der Waals surface area contributed by atoms with Gasteiger partial charge in [0.05, 0.1) is 28.3 Å². The largest absolute Gasteiger partial charge is 0.295 e. The molecule has 0 aliphatic carbocycles. The van der Waals surface area contributed by atoms with Crippen molar-refractivity contribution in [1.29, 1.82) is 0 Å². The first kappa shape index (κ1) is 25.9. The van der Waals surface area contributed by atoms with Crippen molar-refractivity contribution in [2.45, 2.75) is 53.0 Å². The highest BCUT2D eigenvalue weighted by molar-refractivity contribution is 5.71. The SMILES string of the molecule is CC(C)CCc1ccc(N=Nc2ccc(N=Nc3c(-c4ccccc4)[nH]n(C(C)(C)C)c3=O)cc2)cc1. The number of aromatic amines is 1. The van der Waals surface area contributed by atoms with Gasteiger partial charge >= 0.3 is 0 Å². The lowest BCUT2D eigenvalue weighted by Crippen LogP contribution is -2.32. The molecule has 0 spiro atoms. The Kier molecular flexibility index (Phi) is 7.92. The van der Waals surface area contributed by atoms with E-state index in [1.54, 1.807) is 4.68 Å². The standard InChI is InChI=1S/C30H34N6O/c1-21(2)11-12-22-13-15-24(16-14-22)31-32-25-17-19-26(20-18-25)33-34-28-27(23-9-7-6-8-10-23)35-36(29(28)37)30(3,4)5/h6-10,13-21,35H,11-12H2,1-5H3. The van der Waals surface area contributed by atoms with Gasteiger partial charge in [0.1, 0.15) is 0 Å². The summed E-state index contributed by atoms with van der Waals surface area (Å²) in [5.41, 5.74) is 4.63. The Morgan fingerprint density at radius 3 is 1.78 bits per heavy atom. The van der Waals surface area contributed by atoms with E-state index in [0.29, 0.717) is 23.0 Å². The van der Waals surface area contributed by atoms with Crippen LogP contribution in [-0.2, 0) is 12.0 Å². The van der Waals surface area contributed by atoms with Gasteiger partial charge in [0.2, 0.25) is 0 Å². The number of H-pyrrole nitrogens is 1. The summed E-state index contributed by atoms with van der Waals surface area (Å²) in [6, 6.07) is 25.2. The maximum Gasteiger partial charge on any atom is 0.295 e. The van der Waals surface area contributed by atoms with Crippen molar-refractivity contribution in [3.05, 3.63) is 94.8 Å². The molecular weight excluding hydrogens is 460 g/mol. The van der Waals surface area contributed by atoms with Crippen molar-refractivity contribution in [3.8, 4) is 11.3 Å². The molecule has 0 aliphatic rings. The van der Waals surface area contributed by atoms with Crippen LogP contribution >= 0.6 is 0 Å². The lowest BCUT2D eigenvalue weighted by Gasteiger charge is -2.19. The third-order valence-electron chi connectivity index (χ3n) is 5.94. The van der Waals surface area contributed by atoms with Crippen LogP contribution in [0.15, 0.2) is 104 Å². The molecule has 7 nitrogen and oxygen atoms in total. The summed E-state index contributed by atoms with van der Waals surface area (Å²) < 4.78 is 1.59. The molecule has 0 saturated carbocycles. The zero-order chi connectivity index (χ0) is 26.4. The van der Waals surface area contributed by atoms with Gasteiger partial charge in [-0.2, -0.15) is 15.3 Å². The smallest absolute Gasteiger partial charge is 0.292 e. The summed E-state index contributed by atoms with van der Waals surface area (Å²) >= 11 is 0. The molecule has 1 aromatic heterocycles. The van der Waals surface area contributed by atoms with Crippen LogP contribution in [0.25, 0.3) is 11.3 Å². The van der Waals surface area contributed by atoms with Gasteiger partial charge in [-0.3, -0.25) is 9.89 Å². The number of rotatable bonds is 8. The van der Waals surface area contributed by atoms with E-state index in [0.717, 1.165) is 17.7 Å². The Morgan fingerprint density at radius 1 is 0.757 bits per heavy atom. The van der Waals surface area contributed by atoms with Gasteiger partial charge in [0.15, 0.2) is 5.69 Å². The molecule has 0 amide bonds. The normalized spacial score (nSPS) is 12.3. The predicted octanol–water partition coefficient (Wildman–Crippen LogP) is 9.02. The van der Waals surface area contributed by atoms with Gasteiger partial charge in [-0.15, -0.1) is 5.11 Å². The second kappa shape index (κ2) is 11.3.